The molecule has 1 fully saturated rings. The number of nitrogens with one attached hydrogen (secondary N) is 2. The largest absolute Gasteiger partial charge is 0.315 e. The van der Waals surface area contributed by atoms with Crippen LogP contribution in [0.2, 0.25) is 10.0 Å². The van der Waals surface area contributed by atoms with Crippen molar-refractivity contribution in [1.29, 1.82) is 0 Å². The highest BCUT2D eigenvalue weighted by Gasteiger charge is 2.22. The standard InChI is InChI=1S/C12H16Cl2N2/c1-8-5-15-7-12(8)16-6-9-2-3-10(13)4-11(9)14/h2-4,8,12,15-16H,5-7H2,1H3. The third-order valence-electron chi connectivity index (χ3n) is 3.09. The smallest absolute Gasteiger partial charge is 0.0465 e. The zero-order chi connectivity index (χ0) is 11.5. The number of halogens is 2. The molecule has 0 aliphatic carbocycles. The maximum atomic E-state index is 6.11. The van der Waals surface area contributed by atoms with Gasteiger partial charge in [0.2, 0.25) is 0 Å². The van der Waals surface area contributed by atoms with E-state index in [0.717, 1.165) is 30.2 Å². The predicted molar refractivity (Wildman–Crippen MR) is 69.1 cm³/mol. The van der Waals surface area contributed by atoms with Gasteiger partial charge in [-0.1, -0.05) is 36.2 Å². The van der Waals surface area contributed by atoms with E-state index in [1.807, 2.05) is 12.1 Å². The summed E-state index contributed by atoms with van der Waals surface area (Å²) in [6.07, 6.45) is 0. The molecular formula is C12H16Cl2N2. The van der Waals surface area contributed by atoms with Crippen molar-refractivity contribution in [2.75, 3.05) is 13.1 Å². The molecule has 16 heavy (non-hydrogen) atoms. The van der Waals surface area contributed by atoms with Crippen molar-refractivity contribution in [3.8, 4) is 0 Å². The van der Waals surface area contributed by atoms with Gasteiger partial charge in [-0.05, 0) is 30.2 Å². The first kappa shape index (κ1) is 12.2. The lowest BCUT2D eigenvalue weighted by atomic mass is 10.1. The Hall–Kier alpha value is -0.280. The van der Waals surface area contributed by atoms with Crippen LogP contribution in [0.1, 0.15) is 12.5 Å². The Balaban J connectivity index is 1.94. The molecule has 0 aromatic heterocycles. The number of hydrogen-bond donors (Lipinski definition) is 2. The summed E-state index contributed by atoms with van der Waals surface area (Å²) in [5, 5.41) is 8.30. The molecule has 0 radical (unpaired) electrons. The van der Waals surface area contributed by atoms with Crippen LogP contribution in [0, 0.1) is 5.92 Å². The Bertz CT molecular complexity index is 368. The molecule has 1 aliphatic heterocycles. The number of rotatable bonds is 3. The molecule has 0 spiro atoms. The minimum Gasteiger partial charge on any atom is -0.315 e. The molecule has 2 atom stereocenters. The van der Waals surface area contributed by atoms with Crippen molar-refractivity contribution in [2.24, 2.45) is 5.92 Å². The minimum atomic E-state index is 0.534. The predicted octanol–water partition coefficient (Wildman–Crippen LogP) is 2.69. The van der Waals surface area contributed by atoms with Crippen molar-refractivity contribution >= 4 is 23.2 Å². The first-order valence-corrected chi connectivity index (χ1v) is 6.30. The molecule has 4 heteroatoms. The molecule has 2 nitrogen and oxygen atoms in total. The second-order valence-corrected chi connectivity index (χ2v) is 5.20. The first-order chi connectivity index (χ1) is 7.66. The van der Waals surface area contributed by atoms with E-state index >= 15 is 0 Å². The minimum absolute atomic E-state index is 0.534. The van der Waals surface area contributed by atoms with Crippen molar-refractivity contribution < 1.29 is 0 Å². The monoisotopic (exact) mass is 258 g/mol. The van der Waals surface area contributed by atoms with E-state index in [9.17, 15) is 0 Å². The summed E-state index contributed by atoms with van der Waals surface area (Å²) >= 11 is 12.0. The molecular weight excluding hydrogens is 243 g/mol. The lowest BCUT2D eigenvalue weighted by Crippen LogP contribution is -2.34. The van der Waals surface area contributed by atoms with Gasteiger partial charge >= 0.3 is 0 Å². The van der Waals surface area contributed by atoms with Crippen molar-refractivity contribution in [3.63, 3.8) is 0 Å². The summed E-state index contributed by atoms with van der Waals surface area (Å²) < 4.78 is 0. The third kappa shape index (κ3) is 2.89. The second kappa shape index (κ2) is 5.37. The maximum Gasteiger partial charge on any atom is 0.0465 e. The van der Waals surface area contributed by atoms with E-state index in [1.165, 1.54) is 0 Å². The van der Waals surface area contributed by atoms with Gasteiger partial charge in [-0.25, -0.2) is 0 Å². The van der Waals surface area contributed by atoms with Gasteiger partial charge in [-0.3, -0.25) is 0 Å². The zero-order valence-electron chi connectivity index (χ0n) is 9.26. The van der Waals surface area contributed by atoms with E-state index in [4.69, 9.17) is 23.2 Å². The lowest BCUT2D eigenvalue weighted by Gasteiger charge is -2.16. The van der Waals surface area contributed by atoms with Crippen LogP contribution in [0.5, 0.6) is 0 Å². The molecule has 1 aliphatic rings. The Morgan fingerprint density at radius 2 is 2.19 bits per heavy atom. The van der Waals surface area contributed by atoms with Crippen molar-refractivity contribution in [1.82, 2.24) is 10.6 Å². The first-order valence-electron chi connectivity index (χ1n) is 5.55. The second-order valence-electron chi connectivity index (χ2n) is 4.36. The van der Waals surface area contributed by atoms with Gasteiger partial charge in [-0.15, -0.1) is 0 Å². The summed E-state index contributed by atoms with van der Waals surface area (Å²) in [4.78, 5) is 0. The van der Waals surface area contributed by atoms with Crippen molar-refractivity contribution in [2.45, 2.75) is 19.5 Å². The van der Waals surface area contributed by atoms with E-state index in [2.05, 4.69) is 17.6 Å². The molecule has 1 saturated heterocycles. The van der Waals surface area contributed by atoms with E-state index < -0.39 is 0 Å². The summed E-state index contributed by atoms with van der Waals surface area (Å²) in [5.74, 6) is 0.672. The molecule has 88 valence electrons. The Morgan fingerprint density at radius 1 is 1.38 bits per heavy atom. The van der Waals surface area contributed by atoms with Crippen LogP contribution in [-0.2, 0) is 6.54 Å². The van der Waals surface area contributed by atoms with Gasteiger partial charge in [0.05, 0.1) is 0 Å². The van der Waals surface area contributed by atoms with Crippen LogP contribution in [0.3, 0.4) is 0 Å². The fourth-order valence-corrected chi connectivity index (χ4v) is 2.46. The molecule has 0 saturated carbocycles. The average molecular weight is 259 g/mol. The van der Waals surface area contributed by atoms with Gasteiger partial charge in [0, 0.05) is 29.2 Å². The fourth-order valence-electron chi connectivity index (χ4n) is 1.99. The highest BCUT2D eigenvalue weighted by atomic mass is 35.5. The van der Waals surface area contributed by atoms with Crippen LogP contribution in [0.15, 0.2) is 18.2 Å². The van der Waals surface area contributed by atoms with Crippen molar-refractivity contribution in [3.05, 3.63) is 33.8 Å². The molecule has 2 unspecified atom stereocenters. The fraction of sp³-hybridized carbons (Fsp3) is 0.500. The quantitative estimate of drug-likeness (QED) is 0.872. The van der Waals surface area contributed by atoms with Crippen LogP contribution in [-0.4, -0.2) is 19.1 Å². The number of hydrogen-bond acceptors (Lipinski definition) is 2. The normalized spacial score (nSPS) is 24.9. The number of benzene rings is 1. The van der Waals surface area contributed by atoms with Gasteiger partial charge in [0.15, 0.2) is 0 Å². The Labute approximate surface area is 106 Å². The third-order valence-corrected chi connectivity index (χ3v) is 3.67. The molecule has 1 heterocycles. The van der Waals surface area contributed by atoms with Gasteiger partial charge in [0.25, 0.3) is 0 Å². The average Bonchev–Trinajstić information content (AvgIpc) is 2.63. The zero-order valence-corrected chi connectivity index (χ0v) is 10.8. The molecule has 0 amide bonds. The lowest BCUT2D eigenvalue weighted by molar-refractivity contribution is 0.453. The molecule has 2 N–H and O–H groups in total. The highest BCUT2D eigenvalue weighted by molar-refractivity contribution is 6.35. The summed E-state index contributed by atoms with van der Waals surface area (Å²) in [6, 6.07) is 6.17. The SMILES string of the molecule is CC1CNCC1NCc1ccc(Cl)cc1Cl. The molecule has 1 aromatic rings. The van der Waals surface area contributed by atoms with E-state index in [1.54, 1.807) is 6.07 Å². The molecule has 1 aromatic carbocycles. The Kier molecular flexibility index (Phi) is 4.09. The topological polar surface area (TPSA) is 24.1 Å². The van der Waals surface area contributed by atoms with Crippen LogP contribution < -0.4 is 10.6 Å². The summed E-state index contributed by atoms with van der Waals surface area (Å²) in [6.45, 7) is 5.17. The van der Waals surface area contributed by atoms with E-state index in [-0.39, 0.29) is 0 Å². The Morgan fingerprint density at radius 3 is 2.81 bits per heavy atom. The highest BCUT2D eigenvalue weighted by Crippen LogP contribution is 2.21. The van der Waals surface area contributed by atoms with Crippen LogP contribution in [0.25, 0.3) is 0 Å². The van der Waals surface area contributed by atoms with Gasteiger partial charge in [0.1, 0.15) is 0 Å². The maximum absolute atomic E-state index is 6.11. The van der Waals surface area contributed by atoms with E-state index in [0.29, 0.717) is 17.0 Å². The summed E-state index contributed by atoms with van der Waals surface area (Å²) in [7, 11) is 0. The molecule has 0 bridgehead atoms. The van der Waals surface area contributed by atoms with Gasteiger partial charge < -0.3 is 10.6 Å². The van der Waals surface area contributed by atoms with Crippen LogP contribution >= 0.6 is 23.2 Å². The molecule has 2 rings (SSSR count). The summed E-state index contributed by atoms with van der Waals surface area (Å²) in [5.41, 5.74) is 1.10. The van der Waals surface area contributed by atoms with Gasteiger partial charge in [-0.2, -0.15) is 0 Å². The van der Waals surface area contributed by atoms with Crippen LogP contribution in [0.4, 0.5) is 0 Å².